The average molecular weight is 333 g/mol. The van der Waals surface area contributed by atoms with E-state index in [1.165, 1.54) is 6.07 Å². The van der Waals surface area contributed by atoms with Crippen LogP contribution in [0.1, 0.15) is 24.1 Å². The van der Waals surface area contributed by atoms with E-state index in [0.717, 1.165) is 5.56 Å². The summed E-state index contributed by atoms with van der Waals surface area (Å²) in [5.74, 6) is -0.386. The molecule has 2 aromatic rings. The minimum atomic E-state index is -0.386. The molecule has 106 valence electrons. The number of halogens is 4. The van der Waals surface area contributed by atoms with E-state index in [1.807, 2.05) is 13.0 Å². The van der Waals surface area contributed by atoms with Crippen LogP contribution in [-0.2, 0) is 6.54 Å². The molecule has 0 heterocycles. The molecule has 0 aliphatic carbocycles. The van der Waals surface area contributed by atoms with E-state index in [0.29, 0.717) is 22.2 Å². The largest absolute Gasteiger partial charge is 0.306 e. The van der Waals surface area contributed by atoms with Crippen molar-refractivity contribution in [3.63, 3.8) is 0 Å². The van der Waals surface area contributed by atoms with E-state index in [-0.39, 0.29) is 16.9 Å². The van der Waals surface area contributed by atoms with Crippen LogP contribution >= 0.6 is 34.8 Å². The molecule has 0 saturated carbocycles. The molecule has 0 aliphatic rings. The second kappa shape index (κ2) is 6.77. The Balaban J connectivity index is 2.06. The van der Waals surface area contributed by atoms with Crippen LogP contribution in [0.3, 0.4) is 0 Å². The van der Waals surface area contributed by atoms with Crippen LogP contribution in [0.25, 0.3) is 0 Å². The minimum Gasteiger partial charge on any atom is -0.306 e. The average Bonchev–Trinajstić information content (AvgIpc) is 2.43. The van der Waals surface area contributed by atoms with E-state index in [1.54, 1.807) is 24.3 Å². The summed E-state index contributed by atoms with van der Waals surface area (Å²) in [6, 6.07) is 10.4. The first kappa shape index (κ1) is 15.6. The zero-order valence-electron chi connectivity index (χ0n) is 10.8. The minimum absolute atomic E-state index is 0.0168. The molecule has 0 amide bonds. The van der Waals surface area contributed by atoms with Gasteiger partial charge in [0.1, 0.15) is 5.82 Å². The zero-order valence-corrected chi connectivity index (χ0v) is 13.0. The van der Waals surface area contributed by atoms with Gasteiger partial charge in [0, 0.05) is 18.2 Å². The fraction of sp³-hybridized carbons (Fsp3) is 0.200. The molecule has 0 bridgehead atoms. The summed E-state index contributed by atoms with van der Waals surface area (Å²) in [4.78, 5) is 0. The van der Waals surface area contributed by atoms with Gasteiger partial charge < -0.3 is 5.32 Å². The van der Waals surface area contributed by atoms with Gasteiger partial charge >= 0.3 is 0 Å². The SMILES string of the molecule is CC(NCc1cccc(Cl)c1F)c1ccc(Cl)c(Cl)c1. The van der Waals surface area contributed by atoms with E-state index in [9.17, 15) is 4.39 Å². The number of hydrogen-bond donors (Lipinski definition) is 1. The van der Waals surface area contributed by atoms with Crippen LogP contribution < -0.4 is 5.32 Å². The summed E-state index contributed by atoms with van der Waals surface area (Å²) in [6.07, 6.45) is 0. The van der Waals surface area contributed by atoms with Crippen molar-refractivity contribution >= 4 is 34.8 Å². The Kier molecular flexibility index (Phi) is 5.28. The Labute approximate surface area is 132 Å². The molecule has 0 aliphatic heterocycles. The van der Waals surface area contributed by atoms with Crippen molar-refractivity contribution < 1.29 is 4.39 Å². The predicted molar refractivity (Wildman–Crippen MR) is 83.1 cm³/mol. The van der Waals surface area contributed by atoms with Gasteiger partial charge in [0.05, 0.1) is 15.1 Å². The van der Waals surface area contributed by atoms with Crippen molar-refractivity contribution in [2.45, 2.75) is 19.5 Å². The predicted octanol–water partition coefficient (Wildman–Crippen LogP) is 5.64. The van der Waals surface area contributed by atoms with Crippen LogP contribution in [0.5, 0.6) is 0 Å². The van der Waals surface area contributed by atoms with Crippen molar-refractivity contribution in [2.24, 2.45) is 0 Å². The first-order valence-electron chi connectivity index (χ1n) is 6.10. The van der Waals surface area contributed by atoms with Crippen LogP contribution in [0.4, 0.5) is 4.39 Å². The number of hydrogen-bond acceptors (Lipinski definition) is 1. The monoisotopic (exact) mass is 331 g/mol. The van der Waals surface area contributed by atoms with E-state index in [2.05, 4.69) is 5.32 Å². The molecule has 2 aromatic carbocycles. The second-order valence-electron chi connectivity index (χ2n) is 4.49. The lowest BCUT2D eigenvalue weighted by Crippen LogP contribution is -2.18. The Morgan fingerprint density at radius 2 is 1.80 bits per heavy atom. The standard InChI is InChI=1S/C15H13Cl3FN/c1-9(10-5-6-12(16)14(18)7-10)20-8-11-3-2-4-13(17)15(11)19/h2-7,9,20H,8H2,1H3. The van der Waals surface area contributed by atoms with Gasteiger partial charge in [-0.1, -0.05) is 53.0 Å². The van der Waals surface area contributed by atoms with Crippen LogP contribution in [-0.4, -0.2) is 0 Å². The Hall–Kier alpha value is -0.800. The molecular weight excluding hydrogens is 320 g/mol. The fourth-order valence-corrected chi connectivity index (χ4v) is 2.35. The first-order valence-corrected chi connectivity index (χ1v) is 7.23. The molecule has 0 spiro atoms. The van der Waals surface area contributed by atoms with Gasteiger partial charge in [0.25, 0.3) is 0 Å². The van der Waals surface area contributed by atoms with Crippen molar-refractivity contribution in [1.82, 2.24) is 5.32 Å². The normalized spacial score (nSPS) is 12.4. The van der Waals surface area contributed by atoms with E-state index < -0.39 is 0 Å². The van der Waals surface area contributed by atoms with Crippen molar-refractivity contribution in [2.75, 3.05) is 0 Å². The Morgan fingerprint density at radius 1 is 1.05 bits per heavy atom. The van der Waals surface area contributed by atoms with Gasteiger partial charge in [-0.25, -0.2) is 4.39 Å². The summed E-state index contributed by atoms with van der Waals surface area (Å²) in [5.41, 5.74) is 1.52. The smallest absolute Gasteiger partial charge is 0.146 e. The molecule has 1 unspecified atom stereocenters. The van der Waals surface area contributed by atoms with Crippen molar-refractivity contribution in [1.29, 1.82) is 0 Å². The van der Waals surface area contributed by atoms with Crippen LogP contribution in [0, 0.1) is 5.82 Å². The maximum Gasteiger partial charge on any atom is 0.146 e. The summed E-state index contributed by atoms with van der Waals surface area (Å²) >= 11 is 17.6. The highest BCUT2D eigenvalue weighted by Gasteiger charge is 2.10. The Morgan fingerprint density at radius 3 is 2.50 bits per heavy atom. The third-order valence-corrected chi connectivity index (χ3v) is 4.10. The molecule has 0 fully saturated rings. The highest BCUT2D eigenvalue weighted by atomic mass is 35.5. The van der Waals surface area contributed by atoms with Crippen molar-refractivity contribution in [3.05, 3.63) is 68.4 Å². The maximum absolute atomic E-state index is 13.8. The van der Waals surface area contributed by atoms with Crippen LogP contribution in [0.2, 0.25) is 15.1 Å². The highest BCUT2D eigenvalue weighted by Crippen LogP contribution is 2.26. The topological polar surface area (TPSA) is 12.0 Å². The summed E-state index contributed by atoms with van der Waals surface area (Å²) < 4.78 is 13.8. The molecular formula is C15H13Cl3FN. The van der Waals surface area contributed by atoms with E-state index >= 15 is 0 Å². The van der Waals surface area contributed by atoms with Crippen LogP contribution in [0.15, 0.2) is 36.4 Å². The molecule has 1 nitrogen and oxygen atoms in total. The lowest BCUT2D eigenvalue weighted by molar-refractivity contribution is 0.544. The van der Waals surface area contributed by atoms with Gasteiger partial charge in [-0.15, -0.1) is 0 Å². The van der Waals surface area contributed by atoms with Crippen molar-refractivity contribution in [3.8, 4) is 0 Å². The number of benzene rings is 2. The molecule has 2 rings (SSSR count). The highest BCUT2D eigenvalue weighted by molar-refractivity contribution is 6.42. The molecule has 1 atom stereocenters. The maximum atomic E-state index is 13.8. The lowest BCUT2D eigenvalue weighted by Gasteiger charge is -2.15. The zero-order chi connectivity index (χ0) is 14.7. The fourth-order valence-electron chi connectivity index (χ4n) is 1.85. The summed E-state index contributed by atoms with van der Waals surface area (Å²) in [7, 11) is 0. The Bertz CT molecular complexity index is 616. The molecule has 20 heavy (non-hydrogen) atoms. The lowest BCUT2D eigenvalue weighted by atomic mass is 10.1. The summed E-state index contributed by atoms with van der Waals surface area (Å²) in [6.45, 7) is 2.36. The molecule has 0 radical (unpaired) electrons. The molecule has 0 saturated heterocycles. The van der Waals surface area contributed by atoms with Gasteiger partial charge in [-0.05, 0) is 30.7 Å². The first-order chi connectivity index (χ1) is 9.49. The molecule has 5 heteroatoms. The van der Waals surface area contributed by atoms with Gasteiger partial charge in [-0.2, -0.15) is 0 Å². The van der Waals surface area contributed by atoms with Gasteiger partial charge in [0.15, 0.2) is 0 Å². The quantitative estimate of drug-likeness (QED) is 0.764. The molecule has 0 aromatic heterocycles. The third-order valence-electron chi connectivity index (χ3n) is 3.07. The van der Waals surface area contributed by atoms with E-state index in [4.69, 9.17) is 34.8 Å². The third kappa shape index (κ3) is 3.64. The number of rotatable bonds is 4. The van der Waals surface area contributed by atoms with Gasteiger partial charge in [-0.3, -0.25) is 0 Å². The second-order valence-corrected chi connectivity index (χ2v) is 5.71. The molecule has 1 N–H and O–H groups in total. The van der Waals surface area contributed by atoms with Gasteiger partial charge in [0.2, 0.25) is 0 Å². The number of nitrogens with one attached hydrogen (secondary N) is 1. The summed E-state index contributed by atoms with van der Waals surface area (Å²) in [5, 5.41) is 4.38.